The Hall–Kier alpha value is -0.250. The third-order valence-corrected chi connectivity index (χ3v) is 3.79. The molecule has 0 saturated heterocycles. The number of alkyl halides is 1. The number of rotatable bonds is 7. The minimum absolute atomic E-state index is 0.0787. The van der Waals surface area contributed by atoms with Crippen LogP contribution in [0.3, 0.4) is 0 Å². The molecule has 0 radical (unpaired) electrons. The molecule has 1 aromatic rings. The van der Waals surface area contributed by atoms with Crippen molar-refractivity contribution in [2.75, 3.05) is 26.2 Å². The molecular formula is C14H20BrClO2. The number of methoxy groups -OCH3 is 1. The second kappa shape index (κ2) is 7.37. The van der Waals surface area contributed by atoms with Gasteiger partial charge in [0.25, 0.3) is 0 Å². The van der Waals surface area contributed by atoms with E-state index in [4.69, 9.17) is 21.1 Å². The molecular weight excluding hydrogens is 316 g/mol. The fraction of sp³-hybridized carbons (Fsp3) is 0.571. The summed E-state index contributed by atoms with van der Waals surface area (Å²) in [6.07, 6.45) is 0.949. The summed E-state index contributed by atoms with van der Waals surface area (Å²) in [6, 6.07) is 6.19. The lowest BCUT2D eigenvalue weighted by atomic mass is 9.82. The number of hydrogen-bond donors (Lipinski definition) is 0. The maximum Gasteiger partial charge on any atom is 0.133 e. The summed E-state index contributed by atoms with van der Waals surface area (Å²) in [4.78, 5) is 0. The molecule has 0 bridgehead atoms. The molecule has 0 atom stereocenters. The Morgan fingerprint density at radius 1 is 1.28 bits per heavy atom. The van der Waals surface area contributed by atoms with E-state index in [0.717, 1.165) is 16.6 Å². The Kier molecular flexibility index (Phi) is 6.47. The van der Waals surface area contributed by atoms with E-state index in [9.17, 15) is 0 Å². The first-order valence-electron chi connectivity index (χ1n) is 5.99. The highest BCUT2D eigenvalue weighted by molar-refractivity contribution is 9.10. The lowest BCUT2D eigenvalue weighted by Crippen LogP contribution is -2.17. The van der Waals surface area contributed by atoms with Crippen molar-refractivity contribution in [1.82, 2.24) is 0 Å². The van der Waals surface area contributed by atoms with Crippen LogP contribution in [0, 0.1) is 0 Å². The monoisotopic (exact) mass is 334 g/mol. The van der Waals surface area contributed by atoms with Gasteiger partial charge in [0.1, 0.15) is 12.4 Å². The van der Waals surface area contributed by atoms with Crippen LogP contribution in [0.5, 0.6) is 5.75 Å². The van der Waals surface area contributed by atoms with Crippen molar-refractivity contribution >= 4 is 27.5 Å². The van der Waals surface area contributed by atoms with E-state index < -0.39 is 0 Å². The lowest BCUT2D eigenvalue weighted by molar-refractivity contribution is 0.146. The number of ether oxygens (including phenoxy) is 2. The zero-order valence-electron chi connectivity index (χ0n) is 11.1. The first kappa shape index (κ1) is 15.8. The quantitative estimate of drug-likeness (QED) is 0.544. The van der Waals surface area contributed by atoms with Crippen LogP contribution < -0.4 is 4.74 Å². The predicted molar refractivity (Wildman–Crippen MR) is 79.9 cm³/mol. The molecule has 0 amide bonds. The van der Waals surface area contributed by atoms with E-state index in [1.165, 1.54) is 5.56 Å². The molecule has 0 aliphatic heterocycles. The van der Waals surface area contributed by atoms with Crippen LogP contribution in [-0.2, 0) is 10.2 Å². The first-order valence-corrected chi connectivity index (χ1v) is 7.32. The summed E-state index contributed by atoms with van der Waals surface area (Å²) in [5, 5.41) is 0. The molecule has 0 saturated carbocycles. The molecule has 0 heterocycles. The largest absolute Gasteiger partial charge is 0.490 e. The van der Waals surface area contributed by atoms with Crippen molar-refractivity contribution in [3.05, 3.63) is 28.2 Å². The van der Waals surface area contributed by atoms with Gasteiger partial charge in [-0.15, -0.1) is 11.6 Å². The highest BCUT2D eigenvalue weighted by Gasteiger charge is 2.20. The molecule has 0 aromatic heterocycles. The van der Waals surface area contributed by atoms with Crippen molar-refractivity contribution < 1.29 is 9.47 Å². The maximum atomic E-state index is 5.84. The van der Waals surface area contributed by atoms with E-state index in [-0.39, 0.29) is 5.41 Å². The van der Waals surface area contributed by atoms with E-state index in [0.29, 0.717) is 19.1 Å². The average Bonchev–Trinajstić information content (AvgIpc) is 2.31. The summed E-state index contributed by atoms with van der Waals surface area (Å²) in [6.45, 7) is 5.54. The summed E-state index contributed by atoms with van der Waals surface area (Å²) in [7, 11) is 1.66. The van der Waals surface area contributed by atoms with Gasteiger partial charge in [-0.2, -0.15) is 0 Å². The van der Waals surface area contributed by atoms with Crippen LogP contribution >= 0.6 is 27.5 Å². The molecule has 1 aromatic carbocycles. The van der Waals surface area contributed by atoms with Gasteiger partial charge >= 0.3 is 0 Å². The first-order chi connectivity index (χ1) is 8.51. The van der Waals surface area contributed by atoms with Gasteiger partial charge in [0.05, 0.1) is 11.1 Å². The van der Waals surface area contributed by atoms with Gasteiger partial charge in [-0.25, -0.2) is 0 Å². The summed E-state index contributed by atoms with van der Waals surface area (Å²) in [5.41, 5.74) is 1.34. The summed E-state index contributed by atoms with van der Waals surface area (Å²) < 4.78 is 11.5. The Morgan fingerprint density at radius 2 is 2.00 bits per heavy atom. The SMILES string of the molecule is COCCOc1ccc(C(C)(C)CCCl)cc1Br. The van der Waals surface area contributed by atoms with Gasteiger partial charge < -0.3 is 9.47 Å². The number of hydrogen-bond acceptors (Lipinski definition) is 2. The fourth-order valence-corrected chi connectivity index (χ4v) is 2.62. The molecule has 0 unspecified atom stereocenters. The maximum absolute atomic E-state index is 5.84. The molecule has 102 valence electrons. The van der Waals surface area contributed by atoms with Crippen LogP contribution in [0.4, 0.5) is 0 Å². The van der Waals surface area contributed by atoms with Gasteiger partial charge in [-0.3, -0.25) is 0 Å². The van der Waals surface area contributed by atoms with Crippen LogP contribution in [0.15, 0.2) is 22.7 Å². The van der Waals surface area contributed by atoms with Crippen molar-refractivity contribution in [2.24, 2.45) is 0 Å². The van der Waals surface area contributed by atoms with Crippen molar-refractivity contribution in [1.29, 1.82) is 0 Å². The smallest absolute Gasteiger partial charge is 0.133 e. The molecule has 2 nitrogen and oxygen atoms in total. The van der Waals surface area contributed by atoms with E-state index >= 15 is 0 Å². The van der Waals surface area contributed by atoms with Crippen LogP contribution in [0.1, 0.15) is 25.8 Å². The number of halogens is 2. The second-order valence-corrected chi connectivity index (χ2v) is 6.04. The van der Waals surface area contributed by atoms with E-state index in [2.05, 4.69) is 41.9 Å². The molecule has 18 heavy (non-hydrogen) atoms. The topological polar surface area (TPSA) is 18.5 Å². The fourth-order valence-electron chi connectivity index (χ4n) is 1.65. The van der Waals surface area contributed by atoms with Crippen molar-refractivity contribution in [3.8, 4) is 5.75 Å². The Labute approximate surface area is 123 Å². The highest BCUT2D eigenvalue weighted by Crippen LogP contribution is 2.33. The summed E-state index contributed by atoms with van der Waals surface area (Å²) >= 11 is 9.39. The Morgan fingerprint density at radius 3 is 2.56 bits per heavy atom. The van der Waals surface area contributed by atoms with Gasteiger partial charge in [0.15, 0.2) is 0 Å². The Balaban J connectivity index is 2.78. The summed E-state index contributed by atoms with van der Waals surface area (Å²) in [5.74, 6) is 1.51. The third-order valence-electron chi connectivity index (χ3n) is 2.98. The molecule has 0 spiro atoms. The predicted octanol–water partition coefficient (Wildman–Crippen LogP) is 4.38. The van der Waals surface area contributed by atoms with Crippen LogP contribution in [0.25, 0.3) is 0 Å². The molecule has 0 aliphatic rings. The normalized spacial score (nSPS) is 11.6. The van der Waals surface area contributed by atoms with Crippen LogP contribution in [-0.4, -0.2) is 26.2 Å². The Bertz CT molecular complexity index is 380. The van der Waals surface area contributed by atoms with E-state index in [1.54, 1.807) is 7.11 Å². The minimum atomic E-state index is 0.0787. The molecule has 1 rings (SSSR count). The van der Waals surface area contributed by atoms with Crippen molar-refractivity contribution in [2.45, 2.75) is 25.7 Å². The molecule has 0 aliphatic carbocycles. The minimum Gasteiger partial charge on any atom is -0.490 e. The molecule has 0 N–H and O–H groups in total. The second-order valence-electron chi connectivity index (χ2n) is 4.81. The molecule has 4 heteroatoms. The third kappa shape index (κ3) is 4.45. The highest BCUT2D eigenvalue weighted by atomic mass is 79.9. The van der Waals surface area contributed by atoms with Gasteiger partial charge in [-0.1, -0.05) is 19.9 Å². The lowest BCUT2D eigenvalue weighted by Gasteiger charge is -2.25. The van der Waals surface area contributed by atoms with Crippen molar-refractivity contribution in [3.63, 3.8) is 0 Å². The van der Waals surface area contributed by atoms with Gasteiger partial charge in [0.2, 0.25) is 0 Å². The van der Waals surface area contributed by atoms with Crippen LogP contribution in [0.2, 0.25) is 0 Å². The number of benzene rings is 1. The zero-order valence-corrected chi connectivity index (χ0v) is 13.5. The van der Waals surface area contributed by atoms with Gasteiger partial charge in [-0.05, 0) is 45.5 Å². The zero-order chi connectivity index (χ0) is 13.6. The standard InChI is InChI=1S/C14H20BrClO2/c1-14(2,6-7-16)11-4-5-13(12(15)10-11)18-9-8-17-3/h4-5,10H,6-9H2,1-3H3. The van der Waals surface area contributed by atoms with Gasteiger partial charge in [0, 0.05) is 13.0 Å². The van der Waals surface area contributed by atoms with E-state index in [1.807, 2.05) is 6.07 Å². The average molecular weight is 336 g/mol. The molecule has 0 fully saturated rings.